The number of carbonyl (C=O) groups is 1. The third-order valence-corrected chi connectivity index (χ3v) is 6.31. The number of carbonyl (C=O) groups excluding carboxylic acids is 1. The Bertz CT molecular complexity index is 722. The third kappa shape index (κ3) is 2.98. The monoisotopic (exact) mass is 342 g/mol. The molecule has 4 rings (SSSR count). The number of hydrogen-bond acceptors (Lipinski definition) is 4. The van der Waals surface area contributed by atoms with Crippen LogP contribution in [0.2, 0.25) is 0 Å². The fourth-order valence-electron chi connectivity index (χ4n) is 3.80. The van der Waals surface area contributed by atoms with Gasteiger partial charge in [0.1, 0.15) is 0 Å². The van der Waals surface area contributed by atoms with E-state index in [-0.39, 0.29) is 24.0 Å². The molecule has 2 aliphatic carbocycles. The van der Waals surface area contributed by atoms with Gasteiger partial charge in [0.05, 0.1) is 23.4 Å². The van der Waals surface area contributed by atoms with Crippen molar-refractivity contribution in [3.05, 3.63) is 51.5 Å². The molecular formula is C19H22N2O2S. The van der Waals surface area contributed by atoms with Gasteiger partial charge in [-0.05, 0) is 62.1 Å². The predicted octanol–water partition coefficient (Wildman–Crippen LogP) is 3.26. The van der Waals surface area contributed by atoms with Crippen LogP contribution >= 0.6 is 11.3 Å². The van der Waals surface area contributed by atoms with Crippen LogP contribution < -0.4 is 5.32 Å². The van der Waals surface area contributed by atoms with Crippen molar-refractivity contribution in [3.63, 3.8) is 0 Å². The Hall–Kier alpha value is -1.72. The zero-order valence-electron chi connectivity index (χ0n) is 13.6. The Morgan fingerprint density at radius 2 is 2.12 bits per heavy atom. The molecule has 1 unspecified atom stereocenters. The number of aryl methyl sites for hydroxylation is 1. The second-order valence-electron chi connectivity index (χ2n) is 6.85. The molecule has 5 heteroatoms. The highest BCUT2D eigenvalue weighted by Crippen LogP contribution is 2.38. The van der Waals surface area contributed by atoms with Gasteiger partial charge in [-0.2, -0.15) is 0 Å². The Labute approximate surface area is 145 Å². The molecule has 2 aliphatic rings. The van der Waals surface area contributed by atoms with Gasteiger partial charge in [0, 0.05) is 16.5 Å². The Kier molecular flexibility index (Phi) is 4.37. The van der Waals surface area contributed by atoms with Crippen LogP contribution in [0.1, 0.15) is 58.2 Å². The van der Waals surface area contributed by atoms with E-state index in [1.165, 1.54) is 23.3 Å². The van der Waals surface area contributed by atoms with Crippen molar-refractivity contribution in [2.45, 2.75) is 50.7 Å². The first-order valence-corrected chi connectivity index (χ1v) is 9.59. The first-order chi connectivity index (χ1) is 11.7. The number of rotatable bonds is 4. The van der Waals surface area contributed by atoms with Crippen molar-refractivity contribution in [2.75, 3.05) is 0 Å². The van der Waals surface area contributed by atoms with Crippen molar-refractivity contribution in [3.8, 4) is 0 Å². The molecule has 1 saturated carbocycles. The molecule has 2 N–H and O–H groups in total. The number of fused-ring (bicyclic) bond motifs is 1. The van der Waals surface area contributed by atoms with Gasteiger partial charge in [-0.25, -0.2) is 0 Å². The fraction of sp³-hybridized carbons (Fsp3) is 0.474. The Morgan fingerprint density at radius 1 is 1.29 bits per heavy atom. The van der Waals surface area contributed by atoms with Crippen molar-refractivity contribution >= 4 is 17.2 Å². The minimum absolute atomic E-state index is 0.00597. The molecule has 0 bridgehead atoms. The lowest BCUT2D eigenvalue weighted by Gasteiger charge is -2.37. The van der Waals surface area contributed by atoms with Gasteiger partial charge in [0.2, 0.25) is 0 Å². The Balaban J connectivity index is 1.56. The lowest BCUT2D eigenvalue weighted by atomic mass is 9.76. The van der Waals surface area contributed by atoms with Crippen LogP contribution in [0.5, 0.6) is 0 Å². The van der Waals surface area contributed by atoms with E-state index >= 15 is 0 Å². The summed E-state index contributed by atoms with van der Waals surface area (Å²) in [6.07, 6.45) is 7.48. The summed E-state index contributed by atoms with van der Waals surface area (Å²) in [6, 6.07) is 5.66. The average Bonchev–Trinajstić information content (AvgIpc) is 3.02. The molecule has 2 aromatic heterocycles. The number of pyridine rings is 1. The SMILES string of the molecule is O=C(NC(c1ccccn1)C1CC(O)C1)c1csc2c1CCCC2. The summed E-state index contributed by atoms with van der Waals surface area (Å²) in [5, 5.41) is 14.9. The third-order valence-electron chi connectivity index (χ3n) is 5.22. The number of aliphatic hydroxyl groups is 1. The number of nitrogens with zero attached hydrogens (tertiary/aromatic N) is 1. The number of amides is 1. The summed E-state index contributed by atoms with van der Waals surface area (Å²) in [5.41, 5.74) is 2.97. The molecule has 1 amide bonds. The van der Waals surface area contributed by atoms with Gasteiger partial charge >= 0.3 is 0 Å². The predicted molar refractivity (Wildman–Crippen MR) is 94.1 cm³/mol. The Morgan fingerprint density at radius 3 is 2.88 bits per heavy atom. The van der Waals surface area contributed by atoms with Gasteiger partial charge < -0.3 is 10.4 Å². The summed E-state index contributed by atoms with van der Waals surface area (Å²) in [7, 11) is 0. The standard InChI is InChI=1S/C19H22N2O2S/c22-13-9-12(10-13)18(16-6-3-4-8-20-16)21-19(23)15-11-24-17-7-2-1-5-14(15)17/h3-4,6,8,11-13,18,22H,1-2,5,7,9-10H2,(H,21,23). The number of hydrogen-bond donors (Lipinski definition) is 2. The van der Waals surface area contributed by atoms with Crippen LogP contribution in [0, 0.1) is 5.92 Å². The minimum atomic E-state index is -0.243. The molecule has 126 valence electrons. The maximum atomic E-state index is 12.9. The molecule has 1 fully saturated rings. The van der Waals surface area contributed by atoms with E-state index in [1.807, 2.05) is 23.6 Å². The second kappa shape index (κ2) is 6.65. The minimum Gasteiger partial charge on any atom is -0.393 e. The van der Waals surface area contributed by atoms with Gasteiger partial charge in [-0.1, -0.05) is 6.07 Å². The van der Waals surface area contributed by atoms with Crippen LogP contribution in [0.4, 0.5) is 0 Å². The topological polar surface area (TPSA) is 62.2 Å². The smallest absolute Gasteiger partial charge is 0.252 e. The molecule has 2 heterocycles. The summed E-state index contributed by atoms with van der Waals surface area (Å²) in [4.78, 5) is 18.7. The highest BCUT2D eigenvalue weighted by molar-refractivity contribution is 7.10. The maximum absolute atomic E-state index is 12.9. The quantitative estimate of drug-likeness (QED) is 0.896. The molecule has 4 nitrogen and oxygen atoms in total. The van der Waals surface area contributed by atoms with Crippen LogP contribution in [0.25, 0.3) is 0 Å². The maximum Gasteiger partial charge on any atom is 0.252 e. The zero-order valence-corrected chi connectivity index (χ0v) is 14.4. The van der Waals surface area contributed by atoms with Crippen molar-refractivity contribution < 1.29 is 9.90 Å². The van der Waals surface area contributed by atoms with Crippen LogP contribution in [0.15, 0.2) is 29.8 Å². The van der Waals surface area contributed by atoms with E-state index in [9.17, 15) is 9.90 Å². The van der Waals surface area contributed by atoms with E-state index in [2.05, 4.69) is 10.3 Å². The molecule has 0 spiro atoms. The molecular weight excluding hydrogens is 320 g/mol. The number of nitrogens with one attached hydrogen (secondary N) is 1. The lowest BCUT2D eigenvalue weighted by molar-refractivity contribution is 0.0228. The van der Waals surface area contributed by atoms with Gasteiger partial charge in [-0.3, -0.25) is 9.78 Å². The average molecular weight is 342 g/mol. The van der Waals surface area contributed by atoms with Gasteiger partial charge in [0.25, 0.3) is 5.91 Å². The second-order valence-corrected chi connectivity index (χ2v) is 7.81. The van der Waals surface area contributed by atoms with E-state index in [1.54, 1.807) is 17.5 Å². The molecule has 0 radical (unpaired) electrons. The van der Waals surface area contributed by atoms with E-state index < -0.39 is 0 Å². The van der Waals surface area contributed by atoms with Crippen LogP contribution in [-0.4, -0.2) is 22.1 Å². The fourth-order valence-corrected chi connectivity index (χ4v) is 4.92. The summed E-state index contributed by atoms with van der Waals surface area (Å²) < 4.78 is 0. The van der Waals surface area contributed by atoms with Gasteiger partial charge in [0.15, 0.2) is 0 Å². The first kappa shape index (κ1) is 15.8. The normalized spacial score (nSPS) is 23.9. The lowest BCUT2D eigenvalue weighted by Crippen LogP contribution is -2.41. The summed E-state index contributed by atoms with van der Waals surface area (Å²) in [5.74, 6) is 0.264. The highest BCUT2D eigenvalue weighted by Gasteiger charge is 2.36. The van der Waals surface area contributed by atoms with E-state index in [4.69, 9.17) is 0 Å². The van der Waals surface area contributed by atoms with E-state index in [0.29, 0.717) is 0 Å². The van der Waals surface area contributed by atoms with Crippen LogP contribution in [-0.2, 0) is 12.8 Å². The van der Waals surface area contributed by atoms with Crippen molar-refractivity contribution in [1.82, 2.24) is 10.3 Å². The van der Waals surface area contributed by atoms with E-state index in [0.717, 1.165) is 36.9 Å². The molecule has 0 aromatic carbocycles. The van der Waals surface area contributed by atoms with Crippen LogP contribution in [0.3, 0.4) is 0 Å². The van der Waals surface area contributed by atoms with Gasteiger partial charge in [-0.15, -0.1) is 11.3 Å². The van der Waals surface area contributed by atoms with Crippen molar-refractivity contribution in [1.29, 1.82) is 0 Å². The molecule has 0 aliphatic heterocycles. The zero-order chi connectivity index (χ0) is 16.5. The number of aromatic nitrogens is 1. The van der Waals surface area contributed by atoms with Crippen molar-refractivity contribution in [2.24, 2.45) is 5.92 Å². The number of thiophene rings is 1. The molecule has 24 heavy (non-hydrogen) atoms. The summed E-state index contributed by atoms with van der Waals surface area (Å²) >= 11 is 1.72. The molecule has 2 aromatic rings. The highest BCUT2D eigenvalue weighted by atomic mass is 32.1. The number of aliphatic hydroxyl groups excluding tert-OH is 1. The molecule has 0 saturated heterocycles. The summed E-state index contributed by atoms with van der Waals surface area (Å²) in [6.45, 7) is 0. The first-order valence-electron chi connectivity index (χ1n) is 8.71. The molecule has 1 atom stereocenters. The largest absolute Gasteiger partial charge is 0.393 e.